The van der Waals surface area contributed by atoms with E-state index in [0.29, 0.717) is 18.8 Å². The zero-order valence-electron chi connectivity index (χ0n) is 9.49. The summed E-state index contributed by atoms with van der Waals surface area (Å²) in [6.07, 6.45) is 0. The molecule has 1 rings (SSSR count). The van der Waals surface area contributed by atoms with E-state index in [0.717, 1.165) is 0 Å². The first kappa shape index (κ1) is 12.3. The third kappa shape index (κ3) is 3.41. The van der Waals surface area contributed by atoms with Crippen molar-refractivity contribution in [2.24, 2.45) is 0 Å². The normalized spacial score (nSPS) is 9.81. The van der Waals surface area contributed by atoms with Crippen LogP contribution in [0.4, 0.5) is 0 Å². The maximum Gasteiger partial charge on any atom is 0.236 e. The Morgan fingerprint density at radius 1 is 1.62 bits per heavy atom. The number of amides is 1. The highest BCUT2D eigenvalue weighted by Crippen LogP contribution is 2.05. The Labute approximate surface area is 94.6 Å². The molecule has 0 unspecified atom stereocenters. The van der Waals surface area contributed by atoms with Gasteiger partial charge in [0, 0.05) is 13.6 Å². The molecule has 1 N–H and O–H groups in total. The van der Waals surface area contributed by atoms with Gasteiger partial charge in [0.05, 0.1) is 13.1 Å². The second-order valence-corrected chi connectivity index (χ2v) is 3.39. The molecule has 0 aromatic carbocycles. The Bertz CT molecular complexity index is 392. The van der Waals surface area contributed by atoms with Crippen LogP contribution in [-0.2, 0) is 11.3 Å². The van der Waals surface area contributed by atoms with E-state index < -0.39 is 0 Å². The van der Waals surface area contributed by atoms with Crippen molar-refractivity contribution in [2.75, 3.05) is 20.1 Å². The Hall–Kier alpha value is -1.80. The molecule has 16 heavy (non-hydrogen) atoms. The molecule has 1 aromatic heterocycles. The fraction of sp³-hybridized carbons (Fsp3) is 0.455. The van der Waals surface area contributed by atoms with E-state index in [1.807, 2.05) is 13.0 Å². The average molecular weight is 221 g/mol. The molecule has 5 nitrogen and oxygen atoms in total. The Kier molecular flexibility index (Phi) is 4.55. The molecule has 0 bridgehead atoms. The summed E-state index contributed by atoms with van der Waals surface area (Å²) in [4.78, 5) is 13.0. The van der Waals surface area contributed by atoms with Gasteiger partial charge in [0.2, 0.25) is 11.7 Å². The van der Waals surface area contributed by atoms with Crippen molar-refractivity contribution < 1.29 is 9.21 Å². The van der Waals surface area contributed by atoms with Gasteiger partial charge in [-0.05, 0) is 19.1 Å². The number of likely N-dealkylation sites (N-methyl/N-ethyl adjacent to an activating group) is 1. The van der Waals surface area contributed by atoms with Crippen LogP contribution in [0.3, 0.4) is 0 Å². The predicted octanol–water partition coefficient (Wildman–Crippen LogP) is 0.719. The van der Waals surface area contributed by atoms with Crippen molar-refractivity contribution in [3.8, 4) is 6.07 Å². The summed E-state index contributed by atoms with van der Waals surface area (Å²) >= 11 is 0. The smallest absolute Gasteiger partial charge is 0.236 e. The second kappa shape index (κ2) is 5.93. The van der Waals surface area contributed by atoms with Crippen LogP contribution in [0.2, 0.25) is 0 Å². The van der Waals surface area contributed by atoms with Gasteiger partial charge in [-0.3, -0.25) is 4.79 Å². The van der Waals surface area contributed by atoms with E-state index in [4.69, 9.17) is 9.68 Å². The maximum atomic E-state index is 11.4. The zero-order valence-corrected chi connectivity index (χ0v) is 9.49. The van der Waals surface area contributed by atoms with E-state index in [9.17, 15) is 4.79 Å². The molecule has 0 saturated carbocycles. The molecule has 0 radical (unpaired) electrons. The van der Waals surface area contributed by atoms with Crippen molar-refractivity contribution in [1.29, 1.82) is 5.26 Å². The molecule has 0 aliphatic rings. The number of nitriles is 1. The van der Waals surface area contributed by atoms with Gasteiger partial charge in [-0.1, -0.05) is 0 Å². The summed E-state index contributed by atoms with van der Waals surface area (Å²) in [5.41, 5.74) is 0. The quantitative estimate of drug-likeness (QED) is 0.795. The lowest BCUT2D eigenvalue weighted by Crippen LogP contribution is -2.35. The zero-order chi connectivity index (χ0) is 12.0. The van der Waals surface area contributed by atoms with Crippen molar-refractivity contribution in [3.05, 3.63) is 23.7 Å². The Balaban J connectivity index is 2.31. The number of nitrogens with one attached hydrogen (secondary N) is 1. The Morgan fingerprint density at radius 2 is 2.38 bits per heavy atom. The van der Waals surface area contributed by atoms with Crippen LogP contribution in [0.1, 0.15) is 18.4 Å². The number of furan rings is 1. The lowest BCUT2D eigenvalue weighted by atomic mass is 10.4. The monoisotopic (exact) mass is 221 g/mol. The molecule has 86 valence electrons. The van der Waals surface area contributed by atoms with E-state index in [1.54, 1.807) is 24.1 Å². The van der Waals surface area contributed by atoms with Gasteiger partial charge in [0.1, 0.15) is 11.8 Å². The fourth-order valence-electron chi connectivity index (χ4n) is 1.14. The van der Waals surface area contributed by atoms with Crippen LogP contribution in [0.25, 0.3) is 0 Å². The molecule has 0 atom stereocenters. The van der Waals surface area contributed by atoms with Crippen LogP contribution >= 0.6 is 0 Å². The minimum atomic E-state index is 0.0366. The van der Waals surface area contributed by atoms with Gasteiger partial charge in [-0.25, -0.2) is 0 Å². The van der Waals surface area contributed by atoms with Crippen LogP contribution in [0.15, 0.2) is 16.5 Å². The molecule has 1 heterocycles. The summed E-state index contributed by atoms with van der Waals surface area (Å²) in [7, 11) is 1.75. The number of carbonyl (C=O) groups excluding carboxylic acids is 1. The third-order valence-corrected chi connectivity index (χ3v) is 2.25. The first-order valence-electron chi connectivity index (χ1n) is 5.11. The number of nitrogens with zero attached hydrogens (tertiary/aromatic N) is 2. The van der Waals surface area contributed by atoms with E-state index in [-0.39, 0.29) is 18.2 Å². The minimum absolute atomic E-state index is 0.0366. The van der Waals surface area contributed by atoms with Gasteiger partial charge in [0.15, 0.2) is 0 Å². The lowest BCUT2D eigenvalue weighted by molar-refractivity contribution is -0.128. The summed E-state index contributed by atoms with van der Waals surface area (Å²) < 4.78 is 5.15. The van der Waals surface area contributed by atoms with E-state index in [2.05, 4.69) is 5.32 Å². The highest BCUT2D eigenvalue weighted by atomic mass is 16.3. The number of hydrogen-bond acceptors (Lipinski definition) is 4. The molecule has 0 aliphatic heterocycles. The van der Waals surface area contributed by atoms with Crippen molar-refractivity contribution in [3.63, 3.8) is 0 Å². The predicted molar refractivity (Wildman–Crippen MR) is 58.4 cm³/mol. The number of hydrogen-bond donors (Lipinski definition) is 1. The molecular formula is C11H15N3O2. The summed E-state index contributed by atoms with van der Waals surface area (Å²) in [5.74, 6) is 0.979. The third-order valence-electron chi connectivity index (χ3n) is 2.25. The lowest BCUT2D eigenvalue weighted by Gasteiger charge is -2.14. The standard InChI is InChI=1S/C11H15N3O2/c1-3-14(2)11(15)8-13-7-10-5-4-9(6-12)16-10/h4-5,13H,3,7-8H2,1-2H3. The Morgan fingerprint density at radius 3 is 2.94 bits per heavy atom. The molecule has 0 saturated heterocycles. The SMILES string of the molecule is CCN(C)C(=O)CNCc1ccc(C#N)o1. The summed E-state index contributed by atoms with van der Waals surface area (Å²) in [5, 5.41) is 11.5. The van der Waals surface area contributed by atoms with Gasteiger partial charge in [0.25, 0.3) is 0 Å². The highest BCUT2D eigenvalue weighted by molar-refractivity contribution is 5.77. The fourth-order valence-corrected chi connectivity index (χ4v) is 1.14. The molecule has 0 fully saturated rings. The number of carbonyl (C=O) groups is 1. The summed E-state index contributed by atoms with van der Waals surface area (Å²) in [6.45, 7) is 3.33. The van der Waals surface area contributed by atoms with Crippen molar-refractivity contribution in [1.82, 2.24) is 10.2 Å². The van der Waals surface area contributed by atoms with Gasteiger partial charge < -0.3 is 14.6 Å². The molecular weight excluding hydrogens is 206 g/mol. The van der Waals surface area contributed by atoms with Gasteiger partial charge >= 0.3 is 0 Å². The first-order chi connectivity index (χ1) is 7.67. The maximum absolute atomic E-state index is 11.4. The number of rotatable bonds is 5. The average Bonchev–Trinajstić information content (AvgIpc) is 2.75. The molecule has 0 aliphatic carbocycles. The second-order valence-electron chi connectivity index (χ2n) is 3.39. The van der Waals surface area contributed by atoms with Gasteiger partial charge in [-0.2, -0.15) is 5.26 Å². The molecule has 1 aromatic rings. The highest BCUT2D eigenvalue weighted by Gasteiger charge is 2.06. The van der Waals surface area contributed by atoms with Gasteiger partial charge in [-0.15, -0.1) is 0 Å². The molecule has 0 spiro atoms. The van der Waals surface area contributed by atoms with Crippen LogP contribution in [0, 0.1) is 11.3 Å². The first-order valence-corrected chi connectivity index (χ1v) is 5.11. The molecule has 1 amide bonds. The van der Waals surface area contributed by atoms with Crippen molar-refractivity contribution >= 4 is 5.91 Å². The topological polar surface area (TPSA) is 69.3 Å². The van der Waals surface area contributed by atoms with E-state index in [1.165, 1.54) is 0 Å². The van der Waals surface area contributed by atoms with Crippen LogP contribution in [0.5, 0.6) is 0 Å². The largest absolute Gasteiger partial charge is 0.449 e. The van der Waals surface area contributed by atoms with Crippen LogP contribution < -0.4 is 5.32 Å². The summed E-state index contributed by atoms with van der Waals surface area (Å²) in [6, 6.07) is 5.23. The minimum Gasteiger partial charge on any atom is -0.449 e. The molecule has 5 heteroatoms. The van der Waals surface area contributed by atoms with Crippen molar-refractivity contribution in [2.45, 2.75) is 13.5 Å². The van der Waals surface area contributed by atoms with Crippen LogP contribution in [-0.4, -0.2) is 30.9 Å². The van der Waals surface area contributed by atoms with E-state index >= 15 is 0 Å².